The van der Waals surface area contributed by atoms with E-state index in [1.807, 2.05) is 0 Å². The van der Waals surface area contributed by atoms with Crippen molar-refractivity contribution in [1.29, 1.82) is 0 Å². The molecule has 0 aromatic carbocycles. The van der Waals surface area contributed by atoms with Gasteiger partial charge in [-0.3, -0.25) is 4.79 Å². The number of rotatable bonds is 32. The van der Waals surface area contributed by atoms with Gasteiger partial charge in [0.15, 0.2) is 69.2 Å². The second-order valence-corrected chi connectivity index (χ2v) is 31.6. The van der Waals surface area contributed by atoms with Crippen LogP contribution >= 0.6 is 0 Å². The fraction of sp³-hybridized carbons (Fsp3) is 0.985. The van der Waals surface area contributed by atoms with E-state index in [9.17, 15) is 178 Å². The molecule has 11 fully saturated rings. The van der Waals surface area contributed by atoms with Crippen LogP contribution in [0.25, 0.3) is 0 Å². The second-order valence-electron chi connectivity index (χ2n) is 31.6. The Kier molecular flexibility index (Phi) is 36.7. The molecule has 11 aliphatic heterocycles. The lowest BCUT2D eigenvalue weighted by Gasteiger charge is -2.51. The SMILES string of the molecule is CC(=O)N[C@@H]1[C@@H](O)[C@H](O[C@@H]2O[C@H](CO[C@H]3O[C@H](CO[C@H]4O[C@H](CO)[C@@H](O)[C@H](O)[C@@H]4O)[C@@H](O)[C@H](O[C@H]4O[C@H](CO)[C@@H](O)[C@H](O)[C@@H]4O)[C@@H]3O)[C@@H](O)[C@H](O[C@H]3O[C@H](CO)[C@@H](O)[C@H](O)[C@@H]3O[C@H]3O[C@H](CO)[C@@H](O)[C@H](O)[C@@H]3O[C@H]3O[C@H](CO)[C@@H](O)[C@H](O)[C@@H]3O[C@@H]3O[C@H](CO)[C@@H](O)[C@H](O)[C@H]3O[C@@H]3O[C@H](CO)[C@@H](O)[C@H](O)[C@H]3O[C@@H]3O[C@H](CO)[C@@H](O)[C@H](O)[C@H]3O)[C@@H]2O)[C@@H](CO)O[C@H]1O. The molecular formula is C68H115NO56. The molecule has 11 saturated heterocycles. The molecule has 728 valence electrons. The number of carbonyl (C=O) groups excluding carboxylic acids is 1. The van der Waals surface area contributed by atoms with Crippen LogP contribution in [0.5, 0.6) is 0 Å². The summed E-state index contributed by atoms with van der Waals surface area (Å²) in [4.78, 5) is 12.4. The molecule has 11 aliphatic rings. The third-order valence-electron chi connectivity index (χ3n) is 23.4. The number of carbonyl (C=O) groups is 1. The molecule has 0 unspecified atom stereocenters. The first-order valence-corrected chi connectivity index (χ1v) is 39.7. The highest BCUT2D eigenvalue weighted by molar-refractivity contribution is 5.73. The largest absolute Gasteiger partial charge is 0.394 e. The maximum absolute atomic E-state index is 12.6. The monoisotopic (exact) mass is 1840 g/mol. The first kappa shape index (κ1) is 103. The van der Waals surface area contributed by atoms with Crippen molar-refractivity contribution >= 4 is 5.91 Å². The molecule has 0 saturated carbocycles. The topological polar surface area (TPSA) is 911 Å². The molecule has 55 atom stereocenters. The molecule has 0 aromatic heterocycles. The van der Waals surface area contributed by atoms with Crippen LogP contribution in [-0.4, -0.2) is 590 Å². The molecule has 35 N–H and O–H groups in total. The van der Waals surface area contributed by atoms with Gasteiger partial charge >= 0.3 is 0 Å². The quantitative estimate of drug-likeness (QED) is 0.0297. The average Bonchev–Trinajstić information content (AvgIpc) is 0.764. The van der Waals surface area contributed by atoms with E-state index in [0.29, 0.717) is 0 Å². The molecule has 11 heterocycles. The van der Waals surface area contributed by atoms with Gasteiger partial charge in [0.2, 0.25) is 5.91 Å². The Hall–Kier alpha value is -2.73. The van der Waals surface area contributed by atoms with E-state index in [1.165, 1.54) is 0 Å². The van der Waals surface area contributed by atoms with E-state index >= 15 is 0 Å². The number of ether oxygens (including phenoxy) is 21. The Morgan fingerprint density at radius 1 is 0.208 bits per heavy atom. The molecule has 57 nitrogen and oxygen atoms in total. The minimum atomic E-state index is -2.61. The summed E-state index contributed by atoms with van der Waals surface area (Å²) in [5.74, 6) is -0.891. The first-order valence-electron chi connectivity index (χ1n) is 39.7. The number of aliphatic hydroxyl groups is 34. The summed E-state index contributed by atoms with van der Waals surface area (Å²) in [6, 6.07) is -1.82. The van der Waals surface area contributed by atoms with Crippen molar-refractivity contribution in [3.63, 3.8) is 0 Å². The summed E-state index contributed by atoms with van der Waals surface area (Å²) in [6.45, 7) is -11.6. The standard InChI is InChI=1S/C68H115NO56/c1-13(79)69-25-36(90)50(22(10-78)107-58(25)104)118-63-49(103)52(35(89)24(117-63)12-106-60-48(102)51(119-61-46(100)38(92)27(81)15(3-71)109-61)34(88)23(116-60)11-105-59-45(99)37(91)26(80)14(2-70)108-59)120-64-54(41(95)30(84)17(5-73)111-64)122-66-56(43(97)32(86)19(7-75)113-66)124-68-57(44(98)33(87)21(9-77)115-68)125-67-55(42(96)31(85)20(8-76)114-67)123-65-53(40(94)29(83)18(6-74)112-65)121-62-47(101)39(93)28(82)16(4-72)110-62/h14-68,70-78,80-104H,2-12H2,1H3,(H,69,79)/t14-,15-,16-,17-,18-,19-,20-,21-,22-,23-,24-,25-,26-,27-,28-,29-,30-,31-,32-,33-,34-,35-,36-,37+,38+,39+,40+,41+,42+,43+,44+,45+,46+,47-,48+,49+,50-,51+,52+,53-,54+,55-,56+,57+,58-,59+,60+,61-,62+,63+,64-,65+,66-,67+,68-/m1/s1. The van der Waals surface area contributed by atoms with Gasteiger partial charge in [-0.1, -0.05) is 0 Å². The maximum atomic E-state index is 12.6. The van der Waals surface area contributed by atoms with Crippen LogP contribution < -0.4 is 5.32 Å². The van der Waals surface area contributed by atoms with Crippen LogP contribution in [0.1, 0.15) is 6.92 Å². The van der Waals surface area contributed by atoms with Crippen molar-refractivity contribution in [2.45, 2.75) is 345 Å². The van der Waals surface area contributed by atoms with Gasteiger partial charge in [-0.05, 0) is 0 Å². The number of nitrogens with one attached hydrogen (secondary N) is 1. The van der Waals surface area contributed by atoms with Gasteiger partial charge < -0.3 is 278 Å². The summed E-state index contributed by atoms with van der Waals surface area (Å²) >= 11 is 0. The molecular weight excluding hydrogens is 1730 g/mol. The van der Waals surface area contributed by atoms with Crippen molar-refractivity contribution in [3.05, 3.63) is 0 Å². The molecule has 57 heteroatoms. The van der Waals surface area contributed by atoms with Crippen LogP contribution in [0.2, 0.25) is 0 Å². The first-order chi connectivity index (χ1) is 59.3. The number of aliphatic hydroxyl groups excluding tert-OH is 34. The zero-order valence-corrected chi connectivity index (χ0v) is 65.7. The zero-order valence-electron chi connectivity index (χ0n) is 65.7. The average molecular weight is 1840 g/mol. The highest BCUT2D eigenvalue weighted by Crippen LogP contribution is 2.42. The molecule has 0 spiro atoms. The van der Waals surface area contributed by atoms with Crippen LogP contribution in [-0.2, 0) is 104 Å². The maximum Gasteiger partial charge on any atom is 0.217 e. The third-order valence-corrected chi connectivity index (χ3v) is 23.4. The fourth-order valence-corrected chi connectivity index (χ4v) is 16.0. The Labute approximate surface area is 704 Å². The highest BCUT2D eigenvalue weighted by atomic mass is 16.8. The lowest BCUT2D eigenvalue weighted by molar-refractivity contribution is -0.420. The normalized spacial score (nSPS) is 52.7. The van der Waals surface area contributed by atoms with E-state index < -0.39 is 416 Å². The summed E-state index contributed by atoms with van der Waals surface area (Å²) < 4.78 is 123. The smallest absolute Gasteiger partial charge is 0.217 e. The van der Waals surface area contributed by atoms with Gasteiger partial charge in [-0.25, -0.2) is 0 Å². The number of hydrogen-bond acceptors (Lipinski definition) is 56. The van der Waals surface area contributed by atoms with Crippen molar-refractivity contribution in [2.75, 3.05) is 72.7 Å². The van der Waals surface area contributed by atoms with Crippen molar-refractivity contribution in [1.82, 2.24) is 5.32 Å². The van der Waals surface area contributed by atoms with Gasteiger partial charge in [0.25, 0.3) is 0 Å². The summed E-state index contributed by atoms with van der Waals surface area (Å²) in [5, 5.41) is 379. The van der Waals surface area contributed by atoms with Gasteiger partial charge in [0.1, 0.15) is 269 Å². The van der Waals surface area contributed by atoms with Crippen LogP contribution in [0, 0.1) is 0 Å². The van der Waals surface area contributed by atoms with Gasteiger partial charge in [0.05, 0.1) is 72.7 Å². The van der Waals surface area contributed by atoms with E-state index in [0.717, 1.165) is 6.92 Å². The van der Waals surface area contributed by atoms with E-state index in [2.05, 4.69) is 5.32 Å². The molecule has 125 heavy (non-hydrogen) atoms. The Morgan fingerprint density at radius 2 is 0.416 bits per heavy atom. The molecule has 0 radical (unpaired) electrons. The van der Waals surface area contributed by atoms with Crippen molar-refractivity contribution < 1.29 is 278 Å². The minimum Gasteiger partial charge on any atom is -0.394 e. The van der Waals surface area contributed by atoms with Gasteiger partial charge in [-0.2, -0.15) is 0 Å². The molecule has 0 aromatic rings. The van der Waals surface area contributed by atoms with E-state index in [-0.39, 0.29) is 0 Å². The van der Waals surface area contributed by atoms with Crippen LogP contribution in [0.3, 0.4) is 0 Å². The Morgan fingerprint density at radius 3 is 0.712 bits per heavy atom. The fourth-order valence-electron chi connectivity index (χ4n) is 16.0. The molecule has 0 aliphatic carbocycles. The Balaban J connectivity index is 0.907. The lowest BCUT2D eigenvalue weighted by Crippen LogP contribution is -2.69. The third kappa shape index (κ3) is 21.8. The van der Waals surface area contributed by atoms with Crippen LogP contribution in [0.4, 0.5) is 0 Å². The molecule has 11 rings (SSSR count). The second kappa shape index (κ2) is 44.6. The highest BCUT2D eigenvalue weighted by Gasteiger charge is 2.63. The molecule has 1 amide bonds. The zero-order chi connectivity index (χ0) is 91.7. The Bertz CT molecular complexity index is 3250. The minimum absolute atomic E-state index is 0.891. The van der Waals surface area contributed by atoms with Crippen LogP contribution in [0.15, 0.2) is 0 Å². The number of amides is 1. The van der Waals surface area contributed by atoms with Gasteiger partial charge in [0, 0.05) is 6.92 Å². The summed E-state index contributed by atoms with van der Waals surface area (Å²) in [5.41, 5.74) is 0. The summed E-state index contributed by atoms with van der Waals surface area (Å²) in [7, 11) is 0. The van der Waals surface area contributed by atoms with Crippen molar-refractivity contribution in [2.24, 2.45) is 0 Å². The predicted octanol–water partition coefficient (Wildman–Crippen LogP) is -24.8. The lowest BCUT2D eigenvalue weighted by atomic mass is 9.94. The van der Waals surface area contributed by atoms with E-state index in [1.54, 1.807) is 0 Å². The van der Waals surface area contributed by atoms with E-state index in [4.69, 9.17) is 99.5 Å². The molecule has 0 bridgehead atoms. The predicted molar refractivity (Wildman–Crippen MR) is 374 cm³/mol. The van der Waals surface area contributed by atoms with Gasteiger partial charge in [-0.15, -0.1) is 0 Å². The summed E-state index contributed by atoms with van der Waals surface area (Å²) in [6.07, 6.45) is -120. The van der Waals surface area contributed by atoms with Crippen molar-refractivity contribution in [3.8, 4) is 0 Å². The number of hydrogen-bond donors (Lipinski definition) is 35.